The zero-order valence-electron chi connectivity index (χ0n) is 12.2. The third-order valence-electron chi connectivity index (χ3n) is 3.60. The van der Waals surface area contributed by atoms with E-state index in [1.165, 1.54) is 11.1 Å². The molecule has 0 aliphatic rings. The summed E-state index contributed by atoms with van der Waals surface area (Å²) in [6.07, 6.45) is 0.762. The van der Waals surface area contributed by atoms with E-state index in [0.717, 1.165) is 18.7 Å². The molecule has 0 saturated carbocycles. The van der Waals surface area contributed by atoms with E-state index in [2.05, 4.69) is 44.9 Å². The molecular weight excluding hydrogens is 226 g/mol. The average molecular weight is 251 g/mol. The quantitative estimate of drug-likeness (QED) is 0.843. The maximum atomic E-state index is 9.11. The van der Waals surface area contributed by atoms with Gasteiger partial charge < -0.3 is 9.84 Å². The Kier molecular flexibility index (Phi) is 5.17. The fourth-order valence-corrected chi connectivity index (χ4v) is 1.96. The van der Waals surface area contributed by atoms with Crippen LogP contribution in [0.3, 0.4) is 0 Å². The van der Waals surface area contributed by atoms with Crippen LogP contribution in [0, 0.1) is 6.92 Å². The topological polar surface area (TPSA) is 32.7 Å². The number of rotatable bonds is 6. The summed E-state index contributed by atoms with van der Waals surface area (Å²) >= 11 is 0. The van der Waals surface area contributed by atoms with Crippen LogP contribution in [0.4, 0.5) is 0 Å². The summed E-state index contributed by atoms with van der Waals surface area (Å²) in [5.74, 6) is 0.923. The number of aliphatic hydroxyl groups excluding tert-OH is 1. The lowest BCUT2D eigenvalue weighted by Crippen LogP contribution is -2.41. The molecular formula is C15H25NO2. The van der Waals surface area contributed by atoms with Gasteiger partial charge in [0.25, 0.3) is 0 Å². The third kappa shape index (κ3) is 3.72. The summed E-state index contributed by atoms with van der Waals surface area (Å²) in [6.45, 7) is 7.40. The summed E-state index contributed by atoms with van der Waals surface area (Å²) in [5.41, 5.74) is 2.40. The lowest BCUT2D eigenvalue weighted by molar-refractivity contribution is 0.109. The van der Waals surface area contributed by atoms with Crippen molar-refractivity contribution in [3.05, 3.63) is 29.3 Å². The molecule has 0 atom stereocenters. The van der Waals surface area contributed by atoms with Crippen LogP contribution in [0.1, 0.15) is 31.4 Å². The Morgan fingerprint density at radius 3 is 2.56 bits per heavy atom. The number of ether oxygens (including phenoxy) is 1. The molecule has 0 unspecified atom stereocenters. The number of benzene rings is 1. The Bertz CT molecular complexity index is 388. The molecule has 0 saturated heterocycles. The summed E-state index contributed by atoms with van der Waals surface area (Å²) in [4.78, 5) is 2.25. The molecule has 1 aromatic rings. The van der Waals surface area contributed by atoms with Crippen molar-refractivity contribution in [1.82, 2.24) is 4.90 Å². The Labute approximate surface area is 110 Å². The molecule has 0 aromatic heterocycles. The van der Waals surface area contributed by atoms with Gasteiger partial charge >= 0.3 is 0 Å². The molecule has 102 valence electrons. The molecule has 1 N–H and O–H groups in total. The van der Waals surface area contributed by atoms with Gasteiger partial charge in [0.05, 0.1) is 7.11 Å². The molecule has 18 heavy (non-hydrogen) atoms. The van der Waals surface area contributed by atoms with Crippen LogP contribution in [-0.2, 0) is 6.54 Å². The first-order valence-electron chi connectivity index (χ1n) is 6.36. The van der Waals surface area contributed by atoms with Crippen LogP contribution in [0.25, 0.3) is 0 Å². The number of hydrogen-bond donors (Lipinski definition) is 1. The second kappa shape index (κ2) is 6.21. The van der Waals surface area contributed by atoms with Crippen LogP contribution < -0.4 is 4.74 Å². The summed E-state index contributed by atoms with van der Waals surface area (Å²) in [7, 11) is 3.78. The normalized spacial score (nSPS) is 11.9. The number of hydrogen-bond acceptors (Lipinski definition) is 3. The first-order chi connectivity index (χ1) is 8.40. The van der Waals surface area contributed by atoms with Gasteiger partial charge in [-0.1, -0.05) is 17.7 Å². The lowest BCUT2D eigenvalue weighted by Gasteiger charge is -2.35. The summed E-state index contributed by atoms with van der Waals surface area (Å²) in [6, 6.07) is 6.23. The number of aliphatic hydroxyl groups is 1. The van der Waals surface area contributed by atoms with Gasteiger partial charge in [-0.3, -0.25) is 4.90 Å². The average Bonchev–Trinajstić information content (AvgIpc) is 2.29. The lowest BCUT2D eigenvalue weighted by atomic mass is 9.98. The van der Waals surface area contributed by atoms with Crippen LogP contribution >= 0.6 is 0 Å². The second-order valence-corrected chi connectivity index (χ2v) is 5.46. The van der Waals surface area contributed by atoms with Crippen molar-refractivity contribution in [2.75, 3.05) is 20.8 Å². The Morgan fingerprint density at radius 1 is 1.33 bits per heavy atom. The van der Waals surface area contributed by atoms with Crippen LogP contribution in [0.5, 0.6) is 5.75 Å². The van der Waals surface area contributed by atoms with Crippen molar-refractivity contribution < 1.29 is 9.84 Å². The van der Waals surface area contributed by atoms with Gasteiger partial charge in [-0.15, -0.1) is 0 Å². The molecule has 0 aliphatic heterocycles. The van der Waals surface area contributed by atoms with E-state index in [9.17, 15) is 0 Å². The fraction of sp³-hybridized carbons (Fsp3) is 0.600. The number of nitrogens with zero attached hydrogens (tertiary/aromatic N) is 1. The van der Waals surface area contributed by atoms with Gasteiger partial charge in [0.15, 0.2) is 0 Å². The van der Waals surface area contributed by atoms with E-state index in [0.29, 0.717) is 0 Å². The molecule has 0 spiro atoms. The van der Waals surface area contributed by atoms with E-state index in [1.54, 1.807) is 7.11 Å². The zero-order chi connectivity index (χ0) is 13.8. The zero-order valence-corrected chi connectivity index (χ0v) is 12.2. The van der Waals surface area contributed by atoms with Crippen LogP contribution in [0.15, 0.2) is 18.2 Å². The molecule has 0 radical (unpaired) electrons. The smallest absolute Gasteiger partial charge is 0.123 e. The second-order valence-electron chi connectivity index (χ2n) is 5.46. The molecule has 0 bridgehead atoms. The van der Waals surface area contributed by atoms with Gasteiger partial charge in [0.1, 0.15) is 5.75 Å². The largest absolute Gasteiger partial charge is 0.496 e. The molecule has 1 aromatic carbocycles. The van der Waals surface area contributed by atoms with Gasteiger partial charge in [-0.2, -0.15) is 0 Å². The Balaban J connectivity index is 2.86. The molecule has 3 heteroatoms. The minimum absolute atomic E-state index is 0.0243. The van der Waals surface area contributed by atoms with Gasteiger partial charge in [0.2, 0.25) is 0 Å². The minimum Gasteiger partial charge on any atom is -0.496 e. The molecule has 0 heterocycles. The molecule has 0 amide bonds. The highest BCUT2D eigenvalue weighted by Crippen LogP contribution is 2.25. The highest BCUT2D eigenvalue weighted by atomic mass is 16.5. The monoisotopic (exact) mass is 251 g/mol. The maximum Gasteiger partial charge on any atom is 0.123 e. The van der Waals surface area contributed by atoms with Crippen molar-refractivity contribution >= 4 is 0 Å². The van der Waals surface area contributed by atoms with E-state index in [-0.39, 0.29) is 12.1 Å². The van der Waals surface area contributed by atoms with Crippen molar-refractivity contribution in [3.63, 3.8) is 0 Å². The van der Waals surface area contributed by atoms with Gasteiger partial charge in [-0.05, 0) is 40.3 Å². The first kappa shape index (κ1) is 15.0. The van der Waals surface area contributed by atoms with E-state index in [1.807, 2.05) is 6.07 Å². The number of methoxy groups -OCH3 is 1. The highest BCUT2D eigenvalue weighted by molar-refractivity contribution is 5.36. The molecule has 0 aliphatic carbocycles. The van der Waals surface area contributed by atoms with Crippen molar-refractivity contribution in [1.29, 1.82) is 0 Å². The summed E-state index contributed by atoms with van der Waals surface area (Å²) in [5, 5.41) is 9.11. The molecule has 1 rings (SSSR count). The van der Waals surface area contributed by atoms with Gasteiger partial charge in [0, 0.05) is 24.3 Å². The fourth-order valence-electron chi connectivity index (χ4n) is 1.96. The molecule has 3 nitrogen and oxygen atoms in total. The van der Waals surface area contributed by atoms with Crippen LogP contribution in [-0.4, -0.2) is 36.3 Å². The Morgan fingerprint density at radius 2 is 2.00 bits per heavy atom. The Hall–Kier alpha value is -1.06. The highest BCUT2D eigenvalue weighted by Gasteiger charge is 2.23. The minimum atomic E-state index is -0.0243. The third-order valence-corrected chi connectivity index (χ3v) is 3.60. The SMILES string of the molecule is COc1ccc(C)cc1CN(C)C(C)(C)CCO. The standard InChI is InChI=1S/C15H25NO2/c1-12-6-7-14(18-5)13(10-12)11-16(4)15(2,3)8-9-17/h6-7,10,17H,8-9,11H2,1-5H3. The van der Waals surface area contributed by atoms with Crippen molar-refractivity contribution in [2.24, 2.45) is 0 Å². The maximum absolute atomic E-state index is 9.11. The number of aryl methyl sites for hydroxylation is 1. The van der Waals surface area contributed by atoms with E-state index >= 15 is 0 Å². The molecule has 0 fully saturated rings. The summed E-state index contributed by atoms with van der Waals surface area (Å²) < 4.78 is 5.40. The van der Waals surface area contributed by atoms with Gasteiger partial charge in [-0.25, -0.2) is 0 Å². The predicted octanol–water partition coefficient (Wildman–Crippen LogP) is 2.60. The van der Waals surface area contributed by atoms with Crippen LogP contribution in [0.2, 0.25) is 0 Å². The van der Waals surface area contributed by atoms with E-state index in [4.69, 9.17) is 9.84 Å². The predicted molar refractivity (Wildman–Crippen MR) is 75.0 cm³/mol. The van der Waals surface area contributed by atoms with Crippen molar-refractivity contribution in [3.8, 4) is 5.75 Å². The first-order valence-corrected chi connectivity index (χ1v) is 6.36. The van der Waals surface area contributed by atoms with Crippen molar-refractivity contribution in [2.45, 2.75) is 39.3 Å². The van der Waals surface area contributed by atoms with E-state index < -0.39 is 0 Å².